The molecule has 4 aromatic rings. The minimum Gasteiger partial charge on any atom is -0.467 e. The highest BCUT2D eigenvalue weighted by molar-refractivity contribution is 6.08. The Labute approximate surface area is 155 Å². The molecule has 0 spiro atoms. The Bertz CT molecular complexity index is 1120. The molecule has 0 fully saturated rings. The molecule has 7 heteroatoms. The number of esters is 1. The van der Waals surface area contributed by atoms with E-state index in [0.29, 0.717) is 35.4 Å². The molecule has 1 unspecified atom stereocenters. The molecule has 0 saturated carbocycles. The summed E-state index contributed by atoms with van der Waals surface area (Å²) in [5.41, 5.74) is 8.98. The second-order valence-corrected chi connectivity index (χ2v) is 6.43. The molecule has 0 radical (unpaired) electrons. The second kappa shape index (κ2) is 6.75. The number of nitrogens with two attached hydrogens (primary N) is 1. The zero-order chi connectivity index (χ0) is 19.0. The Morgan fingerprint density at radius 1 is 1.22 bits per heavy atom. The zero-order valence-corrected chi connectivity index (χ0v) is 15.2. The lowest BCUT2D eigenvalue weighted by atomic mass is 10.2. The van der Waals surface area contributed by atoms with Gasteiger partial charge in [0.2, 0.25) is 0 Å². The van der Waals surface area contributed by atoms with Gasteiger partial charge in [-0.3, -0.25) is 0 Å². The molecule has 27 heavy (non-hydrogen) atoms. The summed E-state index contributed by atoms with van der Waals surface area (Å²) in [4.78, 5) is 22.1. The summed E-state index contributed by atoms with van der Waals surface area (Å²) in [6.07, 6.45) is 2.09. The predicted molar refractivity (Wildman–Crippen MR) is 102 cm³/mol. The van der Waals surface area contributed by atoms with Gasteiger partial charge in [-0.2, -0.15) is 0 Å². The van der Waals surface area contributed by atoms with Crippen molar-refractivity contribution in [2.75, 3.05) is 5.73 Å². The van der Waals surface area contributed by atoms with Crippen LogP contribution in [0.1, 0.15) is 36.4 Å². The van der Waals surface area contributed by atoms with E-state index in [9.17, 15) is 4.79 Å². The highest BCUT2D eigenvalue weighted by Gasteiger charge is 2.26. The van der Waals surface area contributed by atoms with Crippen LogP contribution in [0.25, 0.3) is 22.2 Å². The lowest BCUT2D eigenvalue weighted by Crippen LogP contribution is -2.16. The minimum atomic E-state index is -0.491. The average Bonchev–Trinajstić information content (AvgIpc) is 3.27. The maximum atomic E-state index is 12.8. The fourth-order valence-electron chi connectivity index (χ4n) is 2.96. The second-order valence-electron chi connectivity index (χ2n) is 6.43. The Morgan fingerprint density at radius 3 is 2.63 bits per heavy atom. The molecule has 0 amide bonds. The highest BCUT2D eigenvalue weighted by atomic mass is 16.5. The number of benzene rings is 1. The van der Waals surface area contributed by atoms with Crippen LogP contribution in [0.15, 0.2) is 47.1 Å². The lowest BCUT2D eigenvalue weighted by molar-refractivity contribution is 0.0338. The monoisotopic (exact) mass is 364 g/mol. The fraction of sp³-hybridized carbons (Fsp3) is 0.250. The number of rotatable bonds is 5. The van der Waals surface area contributed by atoms with Crippen molar-refractivity contribution in [3.63, 3.8) is 0 Å². The van der Waals surface area contributed by atoms with Crippen LogP contribution in [0.3, 0.4) is 0 Å². The molecular weight excluding hydrogens is 344 g/mol. The molecule has 1 atom stereocenters. The van der Waals surface area contributed by atoms with Crippen molar-refractivity contribution in [1.82, 2.24) is 14.5 Å². The number of nitrogens with zero attached hydrogens (tertiary/aromatic N) is 3. The standard InChI is InChI=1S/C20H20N4O3/c1-3-12(2)27-20(25)16-17-19(23-15-9-5-4-8-14(15)22-17)24(18(16)21)11-13-7-6-10-26-13/h4-10,12H,3,11,21H2,1-2H3. The number of anilines is 1. The molecule has 2 N–H and O–H groups in total. The van der Waals surface area contributed by atoms with Crippen LogP contribution >= 0.6 is 0 Å². The summed E-state index contributed by atoms with van der Waals surface area (Å²) in [6.45, 7) is 4.14. The van der Waals surface area contributed by atoms with Crippen LogP contribution in [0.5, 0.6) is 0 Å². The van der Waals surface area contributed by atoms with E-state index in [1.54, 1.807) is 16.9 Å². The number of fused-ring (bicyclic) bond motifs is 2. The molecule has 0 saturated heterocycles. The van der Waals surface area contributed by atoms with Crippen molar-refractivity contribution in [2.24, 2.45) is 0 Å². The first-order chi connectivity index (χ1) is 13.1. The molecule has 0 bridgehead atoms. The maximum Gasteiger partial charge on any atom is 0.344 e. The summed E-state index contributed by atoms with van der Waals surface area (Å²) in [5, 5.41) is 0. The Morgan fingerprint density at radius 2 is 1.96 bits per heavy atom. The fourth-order valence-corrected chi connectivity index (χ4v) is 2.96. The maximum absolute atomic E-state index is 12.8. The number of carbonyl (C=O) groups is 1. The molecule has 0 aliphatic carbocycles. The van der Waals surface area contributed by atoms with Crippen molar-refractivity contribution in [1.29, 1.82) is 0 Å². The number of para-hydroxylation sites is 2. The Hall–Kier alpha value is -3.35. The summed E-state index contributed by atoms with van der Waals surface area (Å²) in [5.74, 6) is 0.482. The van der Waals surface area contributed by atoms with Gasteiger partial charge < -0.3 is 19.5 Å². The number of furan rings is 1. The first-order valence-corrected chi connectivity index (χ1v) is 8.86. The predicted octanol–water partition coefficient (Wildman–Crippen LogP) is 3.76. The van der Waals surface area contributed by atoms with Gasteiger partial charge in [0.1, 0.15) is 22.7 Å². The average molecular weight is 364 g/mol. The van der Waals surface area contributed by atoms with E-state index in [-0.39, 0.29) is 17.5 Å². The van der Waals surface area contributed by atoms with E-state index >= 15 is 0 Å². The summed E-state index contributed by atoms with van der Waals surface area (Å²) >= 11 is 0. The number of nitrogen functional groups attached to an aromatic ring is 1. The van der Waals surface area contributed by atoms with Gasteiger partial charge in [0.15, 0.2) is 5.65 Å². The van der Waals surface area contributed by atoms with Gasteiger partial charge in [0.05, 0.1) is 29.9 Å². The molecular formula is C20H20N4O3. The summed E-state index contributed by atoms with van der Waals surface area (Å²) in [7, 11) is 0. The van der Waals surface area contributed by atoms with Crippen LogP contribution in [0.2, 0.25) is 0 Å². The molecule has 138 valence electrons. The molecule has 1 aromatic carbocycles. The molecule has 4 rings (SSSR count). The molecule has 7 nitrogen and oxygen atoms in total. The van der Waals surface area contributed by atoms with Crippen molar-refractivity contribution in [3.8, 4) is 0 Å². The van der Waals surface area contributed by atoms with Crippen molar-refractivity contribution in [2.45, 2.75) is 32.9 Å². The zero-order valence-electron chi connectivity index (χ0n) is 15.2. The van der Waals surface area contributed by atoms with Crippen molar-refractivity contribution >= 4 is 34.0 Å². The highest BCUT2D eigenvalue weighted by Crippen LogP contribution is 2.29. The Kier molecular flexibility index (Phi) is 4.27. The van der Waals surface area contributed by atoms with E-state index in [1.807, 2.05) is 44.2 Å². The van der Waals surface area contributed by atoms with Crippen LogP contribution in [-0.4, -0.2) is 26.6 Å². The van der Waals surface area contributed by atoms with Gasteiger partial charge in [0.25, 0.3) is 0 Å². The van der Waals surface area contributed by atoms with Gasteiger partial charge in [-0.1, -0.05) is 19.1 Å². The number of hydrogen-bond donors (Lipinski definition) is 1. The van der Waals surface area contributed by atoms with Crippen molar-refractivity contribution in [3.05, 3.63) is 54.0 Å². The smallest absolute Gasteiger partial charge is 0.344 e. The van der Waals surface area contributed by atoms with E-state index in [1.165, 1.54) is 0 Å². The van der Waals surface area contributed by atoms with Crippen LogP contribution in [0.4, 0.5) is 5.82 Å². The van der Waals surface area contributed by atoms with Crippen molar-refractivity contribution < 1.29 is 13.9 Å². The largest absolute Gasteiger partial charge is 0.467 e. The van der Waals surface area contributed by atoms with Gasteiger partial charge >= 0.3 is 5.97 Å². The summed E-state index contributed by atoms with van der Waals surface area (Å²) < 4.78 is 12.7. The number of carbonyl (C=O) groups excluding carboxylic acids is 1. The van der Waals surface area contributed by atoms with E-state index in [2.05, 4.69) is 4.98 Å². The Balaban J connectivity index is 1.93. The third-order valence-electron chi connectivity index (χ3n) is 4.57. The van der Waals surface area contributed by atoms with E-state index in [4.69, 9.17) is 19.9 Å². The third-order valence-corrected chi connectivity index (χ3v) is 4.57. The normalized spacial score (nSPS) is 12.5. The molecule has 0 aliphatic heterocycles. The number of ether oxygens (including phenoxy) is 1. The quantitative estimate of drug-likeness (QED) is 0.542. The SMILES string of the molecule is CCC(C)OC(=O)c1c(N)n(Cc2ccco2)c2nc3ccccc3nc12. The topological polar surface area (TPSA) is 96.2 Å². The number of aromatic nitrogens is 3. The minimum absolute atomic E-state index is 0.214. The van der Waals surface area contributed by atoms with Crippen LogP contribution < -0.4 is 5.73 Å². The third kappa shape index (κ3) is 3.01. The van der Waals surface area contributed by atoms with Gasteiger partial charge in [-0.05, 0) is 37.6 Å². The van der Waals surface area contributed by atoms with Crippen LogP contribution in [-0.2, 0) is 11.3 Å². The molecule has 0 aliphatic rings. The van der Waals surface area contributed by atoms with E-state index < -0.39 is 5.97 Å². The van der Waals surface area contributed by atoms with E-state index in [0.717, 1.165) is 5.52 Å². The number of hydrogen-bond acceptors (Lipinski definition) is 6. The van der Waals surface area contributed by atoms with Gasteiger partial charge in [0, 0.05) is 0 Å². The lowest BCUT2D eigenvalue weighted by Gasteiger charge is -2.10. The first-order valence-electron chi connectivity index (χ1n) is 8.86. The molecule has 3 aromatic heterocycles. The van der Waals surface area contributed by atoms with Gasteiger partial charge in [-0.15, -0.1) is 0 Å². The first kappa shape index (κ1) is 17.1. The van der Waals surface area contributed by atoms with Gasteiger partial charge in [-0.25, -0.2) is 14.8 Å². The molecule has 3 heterocycles. The summed E-state index contributed by atoms with van der Waals surface area (Å²) in [6, 6.07) is 11.1. The van der Waals surface area contributed by atoms with Crippen LogP contribution in [0, 0.1) is 0 Å².